The fourth-order valence-electron chi connectivity index (χ4n) is 1.61. The Morgan fingerprint density at radius 2 is 2.29 bits per heavy atom. The van der Waals surface area contributed by atoms with E-state index in [4.69, 9.17) is 11.6 Å². The minimum absolute atomic E-state index is 0.527. The van der Waals surface area contributed by atoms with Crippen LogP contribution in [0.1, 0.15) is 18.9 Å². The molecule has 0 atom stereocenters. The van der Waals surface area contributed by atoms with Crippen molar-refractivity contribution in [2.75, 3.05) is 0 Å². The van der Waals surface area contributed by atoms with Crippen molar-refractivity contribution in [1.82, 2.24) is 14.5 Å². The molecule has 0 aliphatic heterocycles. The van der Waals surface area contributed by atoms with Crippen molar-refractivity contribution in [3.05, 3.63) is 22.1 Å². The van der Waals surface area contributed by atoms with E-state index in [9.17, 15) is 0 Å². The second kappa shape index (κ2) is 2.94. The van der Waals surface area contributed by atoms with E-state index >= 15 is 0 Å². The summed E-state index contributed by atoms with van der Waals surface area (Å²) in [6, 6.07) is 2.47. The van der Waals surface area contributed by atoms with Gasteiger partial charge in [-0.3, -0.25) is 0 Å². The van der Waals surface area contributed by atoms with Gasteiger partial charge < -0.3 is 4.57 Å². The molecule has 72 valence electrons. The van der Waals surface area contributed by atoms with Crippen LogP contribution in [0.2, 0.25) is 5.15 Å². The lowest BCUT2D eigenvalue weighted by Crippen LogP contribution is -1.92. The SMILES string of the molecule is Clc1nc(Br)cc2ncn(C3CC3)c12. The molecule has 0 saturated heterocycles. The van der Waals surface area contributed by atoms with Crippen molar-refractivity contribution < 1.29 is 0 Å². The second-order valence-corrected chi connectivity index (χ2v) is 4.66. The van der Waals surface area contributed by atoms with Crippen LogP contribution in [0, 0.1) is 0 Å². The first-order valence-electron chi connectivity index (χ1n) is 4.44. The first-order valence-corrected chi connectivity index (χ1v) is 5.61. The molecule has 0 amide bonds. The largest absolute Gasteiger partial charge is 0.325 e. The Morgan fingerprint density at radius 1 is 1.50 bits per heavy atom. The van der Waals surface area contributed by atoms with Crippen LogP contribution in [-0.2, 0) is 0 Å². The van der Waals surface area contributed by atoms with Crippen molar-refractivity contribution in [3.63, 3.8) is 0 Å². The molecule has 1 fully saturated rings. The summed E-state index contributed by atoms with van der Waals surface area (Å²) >= 11 is 9.38. The highest BCUT2D eigenvalue weighted by Gasteiger charge is 2.26. The third-order valence-electron chi connectivity index (χ3n) is 2.42. The van der Waals surface area contributed by atoms with Crippen LogP contribution in [0.3, 0.4) is 0 Å². The summed E-state index contributed by atoms with van der Waals surface area (Å²) in [5, 5.41) is 0.527. The minimum atomic E-state index is 0.527. The van der Waals surface area contributed by atoms with Crippen LogP contribution in [-0.4, -0.2) is 14.5 Å². The Bertz CT molecular complexity index is 504. The predicted octanol–water partition coefficient (Wildman–Crippen LogP) is 3.18. The maximum Gasteiger partial charge on any atom is 0.156 e. The van der Waals surface area contributed by atoms with Gasteiger partial charge in [-0.1, -0.05) is 11.6 Å². The third kappa shape index (κ3) is 1.25. The molecule has 2 aromatic heterocycles. The summed E-state index contributed by atoms with van der Waals surface area (Å²) in [6.07, 6.45) is 4.29. The standard InChI is InChI=1S/C9H7BrClN3/c10-7-3-6-8(9(11)13-7)14(4-12-6)5-1-2-5/h3-5H,1-2H2. The molecule has 2 heterocycles. The van der Waals surface area contributed by atoms with Crippen LogP contribution in [0.15, 0.2) is 17.0 Å². The highest BCUT2D eigenvalue weighted by atomic mass is 79.9. The lowest BCUT2D eigenvalue weighted by Gasteiger charge is -2.01. The molecule has 0 spiro atoms. The van der Waals surface area contributed by atoms with E-state index in [-0.39, 0.29) is 0 Å². The molecule has 0 aromatic carbocycles. The van der Waals surface area contributed by atoms with E-state index in [1.54, 1.807) is 0 Å². The minimum Gasteiger partial charge on any atom is -0.325 e. The molecule has 1 saturated carbocycles. The third-order valence-corrected chi connectivity index (χ3v) is 3.09. The molecule has 0 N–H and O–H groups in total. The summed E-state index contributed by atoms with van der Waals surface area (Å²) in [6.45, 7) is 0. The number of fused-ring (bicyclic) bond motifs is 1. The maximum absolute atomic E-state index is 6.08. The van der Waals surface area contributed by atoms with Crippen molar-refractivity contribution >= 4 is 38.6 Å². The van der Waals surface area contributed by atoms with Crippen molar-refractivity contribution in [1.29, 1.82) is 0 Å². The molecular formula is C9H7BrClN3. The van der Waals surface area contributed by atoms with Gasteiger partial charge >= 0.3 is 0 Å². The Balaban J connectivity index is 2.33. The molecule has 3 nitrogen and oxygen atoms in total. The van der Waals surface area contributed by atoms with Gasteiger partial charge in [0.2, 0.25) is 0 Å². The fraction of sp³-hybridized carbons (Fsp3) is 0.333. The van der Waals surface area contributed by atoms with Gasteiger partial charge in [0.25, 0.3) is 0 Å². The number of nitrogens with zero attached hydrogens (tertiary/aromatic N) is 3. The van der Waals surface area contributed by atoms with Gasteiger partial charge in [0.15, 0.2) is 5.15 Å². The van der Waals surface area contributed by atoms with E-state index in [0.717, 1.165) is 15.6 Å². The van der Waals surface area contributed by atoms with Crippen molar-refractivity contribution in [2.24, 2.45) is 0 Å². The van der Waals surface area contributed by atoms with Crippen molar-refractivity contribution in [3.8, 4) is 0 Å². The summed E-state index contributed by atoms with van der Waals surface area (Å²) in [4.78, 5) is 8.48. The van der Waals surface area contributed by atoms with Crippen LogP contribution in [0.5, 0.6) is 0 Å². The van der Waals surface area contributed by atoms with Gasteiger partial charge in [0.05, 0.1) is 11.8 Å². The van der Waals surface area contributed by atoms with E-state index in [1.165, 1.54) is 12.8 Å². The molecular weight excluding hydrogens is 265 g/mol. The molecule has 5 heteroatoms. The van der Waals surface area contributed by atoms with Gasteiger partial charge in [-0.05, 0) is 34.8 Å². The number of aromatic nitrogens is 3. The Morgan fingerprint density at radius 3 is 3.00 bits per heavy atom. The molecule has 0 unspecified atom stereocenters. The first kappa shape index (κ1) is 8.68. The normalized spacial score (nSPS) is 16.4. The molecule has 1 aliphatic rings. The lowest BCUT2D eigenvalue weighted by molar-refractivity contribution is 0.764. The highest BCUT2D eigenvalue weighted by molar-refractivity contribution is 9.10. The smallest absolute Gasteiger partial charge is 0.156 e. The molecule has 1 aliphatic carbocycles. The Hall–Kier alpha value is -0.610. The van der Waals surface area contributed by atoms with E-state index in [1.807, 2.05) is 12.4 Å². The molecule has 14 heavy (non-hydrogen) atoms. The number of hydrogen-bond acceptors (Lipinski definition) is 2. The van der Waals surface area contributed by atoms with Crippen LogP contribution in [0.4, 0.5) is 0 Å². The van der Waals surface area contributed by atoms with Gasteiger partial charge in [0, 0.05) is 6.04 Å². The fourth-order valence-corrected chi connectivity index (χ4v) is 2.40. The summed E-state index contributed by atoms with van der Waals surface area (Å²) in [5.41, 5.74) is 1.86. The van der Waals surface area contributed by atoms with Gasteiger partial charge in [-0.15, -0.1) is 0 Å². The van der Waals surface area contributed by atoms with E-state index in [0.29, 0.717) is 11.2 Å². The molecule has 2 aromatic rings. The van der Waals surface area contributed by atoms with E-state index < -0.39 is 0 Å². The topological polar surface area (TPSA) is 30.7 Å². The number of hydrogen-bond donors (Lipinski definition) is 0. The average Bonchev–Trinajstić information content (AvgIpc) is 2.87. The molecule has 0 bridgehead atoms. The summed E-state index contributed by atoms with van der Waals surface area (Å²) in [5.74, 6) is 0. The summed E-state index contributed by atoms with van der Waals surface area (Å²) in [7, 11) is 0. The average molecular weight is 273 g/mol. The number of pyridine rings is 1. The number of rotatable bonds is 1. The Kier molecular flexibility index (Phi) is 1.82. The maximum atomic E-state index is 6.08. The van der Waals surface area contributed by atoms with Gasteiger partial charge in [-0.2, -0.15) is 0 Å². The zero-order chi connectivity index (χ0) is 9.71. The second-order valence-electron chi connectivity index (χ2n) is 3.49. The highest BCUT2D eigenvalue weighted by Crippen LogP contribution is 2.38. The predicted molar refractivity (Wildman–Crippen MR) is 58.5 cm³/mol. The number of imidazole rings is 1. The zero-order valence-electron chi connectivity index (χ0n) is 7.24. The zero-order valence-corrected chi connectivity index (χ0v) is 9.59. The van der Waals surface area contributed by atoms with Crippen LogP contribution >= 0.6 is 27.5 Å². The quantitative estimate of drug-likeness (QED) is 0.747. The number of halogens is 2. The Labute approximate surface area is 94.2 Å². The summed E-state index contributed by atoms with van der Waals surface area (Å²) < 4.78 is 2.85. The molecule has 3 rings (SSSR count). The lowest BCUT2D eigenvalue weighted by atomic mass is 10.4. The van der Waals surface area contributed by atoms with E-state index in [2.05, 4.69) is 30.5 Å². The monoisotopic (exact) mass is 271 g/mol. The van der Waals surface area contributed by atoms with Crippen LogP contribution < -0.4 is 0 Å². The van der Waals surface area contributed by atoms with Crippen molar-refractivity contribution in [2.45, 2.75) is 18.9 Å². The van der Waals surface area contributed by atoms with Gasteiger partial charge in [-0.25, -0.2) is 9.97 Å². The first-order chi connectivity index (χ1) is 6.75. The van der Waals surface area contributed by atoms with Crippen LogP contribution in [0.25, 0.3) is 11.0 Å². The van der Waals surface area contributed by atoms with Gasteiger partial charge in [0.1, 0.15) is 10.1 Å². The molecule has 0 radical (unpaired) electrons.